The van der Waals surface area contributed by atoms with E-state index in [1.807, 2.05) is 37.3 Å². The van der Waals surface area contributed by atoms with E-state index in [0.29, 0.717) is 5.69 Å². The lowest BCUT2D eigenvalue weighted by molar-refractivity contribution is 0.0958. The highest BCUT2D eigenvalue weighted by atomic mass is 16.1. The van der Waals surface area contributed by atoms with Crippen molar-refractivity contribution in [2.45, 2.75) is 6.92 Å². The first-order valence-electron chi connectivity index (χ1n) is 5.06. The molecule has 0 spiro atoms. The molecule has 16 heavy (non-hydrogen) atoms. The number of amides is 1. The van der Waals surface area contributed by atoms with Gasteiger partial charge < -0.3 is 10.3 Å². The highest BCUT2D eigenvalue weighted by Crippen LogP contribution is 2.17. The van der Waals surface area contributed by atoms with Gasteiger partial charge in [-0.2, -0.15) is 0 Å². The van der Waals surface area contributed by atoms with Gasteiger partial charge in [-0.05, 0) is 6.92 Å². The summed E-state index contributed by atoms with van der Waals surface area (Å²) in [5.41, 5.74) is 2.19. The minimum absolute atomic E-state index is 0.170. The van der Waals surface area contributed by atoms with Gasteiger partial charge in [0.05, 0.1) is 0 Å². The molecule has 1 amide bonds. The summed E-state index contributed by atoms with van der Waals surface area (Å²) in [5.74, 6) is 0.549. The largest absolute Gasteiger partial charge is 0.354 e. The fourth-order valence-corrected chi connectivity index (χ4v) is 1.53. The Hall–Kier alpha value is -2.10. The molecule has 2 N–H and O–H groups in total. The minimum Gasteiger partial charge on any atom is -0.354 e. The third-order valence-corrected chi connectivity index (χ3v) is 2.37. The molecule has 0 bridgehead atoms. The lowest BCUT2D eigenvalue weighted by atomic mass is 10.2. The van der Waals surface area contributed by atoms with Crippen molar-refractivity contribution < 1.29 is 4.79 Å². The van der Waals surface area contributed by atoms with Crippen LogP contribution in [0, 0.1) is 6.92 Å². The molecule has 2 aromatic rings. The smallest absolute Gasteiger partial charge is 0.271 e. The number of nitrogens with zero attached hydrogens (tertiary/aromatic N) is 1. The van der Waals surface area contributed by atoms with Gasteiger partial charge in [0.2, 0.25) is 0 Å². The maximum atomic E-state index is 11.5. The average molecular weight is 215 g/mol. The second kappa shape index (κ2) is 4.18. The molecule has 0 fully saturated rings. The molecule has 0 aliphatic heterocycles. The van der Waals surface area contributed by atoms with Gasteiger partial charge in [-0.25, -0.2) is 4.98 Å². The van der Waals surface area contributed by atoms with E-state index < -0.39 is 0 Å². The molecule has 0 aliphatic rings. The minimum atomic E-state index is -0.170. The summed E-state index contributed by atoms with van der Waals surface area (Å²) in [7, 11) is 1.60. The molecule has 0 unspecified atom stereocenters. The van der Waals surface area contributed by atoms with Crippen molar-refractivity contribution in [2.75, 3.05) is 7.05 Å². The van der Waals surface area contributed by atoms with Crippen molar-refractivity contribution in [3.05, 3.63) is 41.7 Å². The zero-order valence-corrected chi connectivity index (χ0v) is 9.24. The summed E-state index contributed by atoms with van der Waals surface area (Å²) >= 11 is 0. The third kappa shape index (κ3) is 1.82. The molecule has 0 aliphatic carbocycles. The number of hydrogen-bond acceptors (Lipinski definition) is 2. The maximum absolute atomic E-state index is 11.5. The van der Waals surface area contributed by atoms with Gasteiger partial charge in [0, 0.05) is 18.3 Å². The molecule has 0 saturated heterocycles. The highest BCUT2D eigenvalue weighted by Gasteiger charge is 2.13. The SMILES string of the molecule is CNC(=O)c1nc(-c2ccccc2)[nH]c1C. The van der Waals surface area contributed by atoms with Crippen LogP contribution in [0.25, 0.3) is 11.4 Å². The van der Waals surface area contributed by atoms with Crippen molar-refractivity contribution >= 4 is 5.91 Å². The van der Waals surface area contributed by atoms with Crippen LogP contribution in [0.1, 0.15) is 16.2 Å². The Kier molecular flexibility index (Phi) is 2.72. The van der Waals surface area contributed by atoms with Crippen LogP contribution >= 0.6 is 0 Å². The molecule has 4 nitrogen and oxygen atoms in total. The molecule has 4 heteroatoms. The van der Waals surface area contributed by atoms with E-state index >= 15 is 0 Å². The van der Waals surface area contributed by atoms with Crippen LogP contribution in [0.5, 0.6) is 0 Å². The van der Waals surface area contributed by atoms with E-state index in [4.69, 9.17) is 0 Å². The Labute approximate surface area is 93.7 Å². The fraction of sp³-hybridized carbons (Fsp3) is 0.167. The van der Waals surface area contributed by atoms with Crippen molar-refractivity contribution in [3.63, 3.8) is 0 Å². The summed E-state index contributed by atoms with van der Waals surface area (Å²) in [5, 5.41) is 2.57. The van der Waals surface area contributed by atoms with E-state index in [1.54, 1.807) is 7.05 Å². The summed E-state index contributed by atoms with van der Waals surface area (Å²) in [6, 6.07) is 9.72. The molecule has 1 aromatic heterocycles. The average Bonchev–Trinajstić information content (AvgIpc) is 2.71. The number of imidazole rings is 1. The first-order chi connectivity index (χ1) is 7.72. The number of rotatable bonds is 2. The summed E-state index contributed by atoms with van der Waals surface area (Å²) in [4.78, 5) is 18.9. The molecular weight excluding hydrogens is 202 g/mol. The Morgan fingerprint density at radius 1 is 1.31 bits per heavy atom. The third-order valence-electron chi connectivity index (χ3n) is 2.37. The zero-order valence-electron chi connectivity index (χ0n) is 9.24. The number of aromatic nitrogens is 2. The van der Waals surface area contributed by atoms with Crippen LogP contribution in [0.2, 0.25) is 0 Å². The van der Waals surface area contributed by atoms with Gasteiger partial charge >= 0.3 is 0 Å². The van der Waals surface area contributed by atoms with Crippen LogP contribution < -0.4 is 5.32 Å². The van der Waals surface area contributed by atoms with Crippen LogP contribution in [0.15, 0.2) is 30.3 Å². The monoisotopic (exact) mass is 215 g/mol. The van der Waals surface area contributed by atoms with Gasteiger partial charge in [0.1, 0.15) is 11.5 Å². The molecule has 0 atom stereocenters. The Morgan fingerprint density at radius 3 is 2.62 bits per heavy atom. The summed E-state index contributed by atoms with van der Waals surface area (Å²) in [6.07, 6.45) is 0. The molecular formula is C12H13N3O. The van der Waals surface area contributed by atoms with Gasteiger partial charge in [-0.3, -0.25) is 4.79 Å². The molecule has 0 saturated carbocycles. The normalized spacial score (nSPS) is 10.1. The summed E-state index contributed by atoms with van der Waals surface area (Å²) < 4.78 is 0. The molecule has 0 radical (unpaired) electrons. The predicted molar refractivity (Wildman–Crippen MR) is 62.2 cm³/mol. The van der Waals surface area contributed by atoms with E-state index in [9.17, 15) is 4.79 Å². The van der Waals surface area contributed by atoms with Crippen molar-refractivity contribution in [3.8, 4) is 11.4 Å². The maximum Gasteiger partial charge on any atom is 0.271 e. The second-order valence-electron chi connectivity index (χ2n) is 3.50. The molecule has 1 heterocycles. The number of benzene rings is 1. The van der Waals surface area contributed by atoms with Crippen LogP contribution in [0.3, 0.4) is 0 Å². The van der Waals surface area contributed by atoms with Gasteiger partial charge in [0.15, 0.2) is 0 Å². The quantitative estimate of drug-likeness (QED) is 0.801. The van der Waals surface area contributed by atoms with Crippen LogP contribution in [-0.4, -0.2) is 22.9 Å². The molecule has 82 valence electrons. The number of hydrogen-bond donors (Lipinski definition) is 2. The number of carbonyl (C=O) groups excluding carboxylic acids is 1. The van der Waals surface area contributed by atoms with Crippen LogP contribution in [0.4, 0.5) is 0 Å². The van der Waals surface area contributed by atoms with Crippen molar-refractivity contribution in [1.82, 2.24) is 15.3 Å². The topological polar surface area (TPSA) is 57.8 Å². The number of nitrogens with one attached hydrogen (secondary N) is 2. The number of aryl methyl sites for hydroxylation is 1. The first kappa shape index (κ1) is 10.4. The molecule has 2 rings (SSSR count). The van der Waals surface area contributed by atoms with Gasteiger partial charge in [0.25, 0.3) is 5.91 Å². The van der Waals surface area contributed by atoms with E-state index in [1.165, 1.54) is 0 Å². The van der Waals surface area contributed by atoms with E-state index in [0.717, 1.165) is 17.1 Å². The lowest BCUT2D eigenvalue weighted by Crippen LogP contribution is -2.19. The van der Waals surface area contributed by atoms with Crippen molar-refractivity contribution in [2.24, 2.45) is 0 Å². The van der Waals surface area contributed by atoms with Crippen molar-refractivity contribution in [1.29, 1.82) is 0 Å². The van der Waals surface area contributed by atoms with E-state index in [-0.39, 0.29) is 5.91 Å². The van der Waals surface area contributed by atoms with Crippen LogP contribution in [-0.2, 0) is 0 Å². The first-order valence-corrected chi connectivity index (χ1v) is 5.06. The van der Waals surface area contributed by atoms with E-state index in [2.05, 4.69) is 15.3 Å². The lowest BCUT2D eigenvalue weighted by Gasteiger charge is -1.94. The summed E-state index contributed by atoms with van der Waals surface area (Å²) in [6.45, 7) is 1.84. The van der Waals surface area contributed by atoms with Gasteiger partial charge in [-0.15, -0.1) is 0 Å². The Bertz CT molecular complexity index is 502. The standard InChI is InChI=1S/C12H13N3O/c1-8-10(12(16)13-2)15-11(14-8)9-6-4-3-5-7-9/h3-7H,1-2H3,(H,13,16)(H,14,15). The number of carbonyl (C=O) groups is 1. The number of aromatic amines is 1. The zero-order chi connectivity index (χ0) is 11.5. The Balaban J connectivity index is 2.42. The molecule has 1 aromatic carbocycles. The number of H-pyrrole nitrogens is 1. The highest BCUT2D eigenvalue weighted by molar-refractivity contribution is 5.93. The van der Waals surface area contributed by atoms with Gasteiger partial charge in [-0.1, -0.05) is 30.3 Å². The fourth-order valence-electron chi connectivity index (χ4n) is 1.53. The second-order valence-corrected chi connectivity index (χ2v) is 3.50. The predicted octanol–water partition coefficient (Wildman–Crippen LogP) is 1.74. The Morgan fingerprint density at radius 2 is 2.00 bits per heavy atom.